The first-order chi connectivity index (χ1) is 6.99. The number of amidine groups is 1. The monoisotopic (exact) mass is 230 g/mol. The minimum absolute atomic E-state index is 0.337. The van der Waals surface area contributed by atoms with E-state index in [-0.39, 0.29) is 0 Å². The van der Waals surface area contributed by atoms with Gasteiger partial charge in [-0.2, -0.15) is 11.8 Å². The third-order valence-electron chi connectivity index (χ3n) is 3.23. The summed E-state index contributed by atoms with van der Waals surface area (Å²) in [4.78, 5) is 0. The highest BCUT2D eigenvalue weighted by Crippen LogP contribution is 2.51. The summed E-state index contributed by atoms with van der Waals surface area (Å²) in [5.41, 5.74) is 5.89. The molecule has 4 heteroatoms. The second kappa shape index (κ2) is 5.10. The summed E-state index contributed by atoms with van der Waals surface area (Å²) in [6.07, 6.45) is 3.20. The zero-order valence-corrected chi connectivity index (χ0v) is 10.7. The first-order valence-electron chi connectivity index (χ1n) is 5.57. The standard InChI is InChI=1S/C11H22N2OS/c1-8(2)9(3)15-7-11(4-5-11)6-10(12)13-14/h8-9,14H,4-7H2,1-3H3,(H2,12,13). The van der Waals surface area contributed by atoms with E-state index in [0.717, 1.165) is 18.1 Å². The molecule has 1 atom stereocenters. The molecule has 1 saturated carbocycles. The topological polar surface area (TPSA) is 58.6 Å². The Morgan fingerprint density at radius 3 is 2.47 bits per heavy atom. The number of hydrogen-bond acceptors (Lipinski definition) is 3. The summed E-state index contributed by atoms with van der Waals surface area (Å²) >= 11 is 2.01. The third-order valence-corrected chi connectivity index (χ3v) is 5.08. The van der Waals surface area contributed by atoms with Gasteiger partial charge < -0.3 is 10.9 Å². The van der Waals surface area contributed by atoms with Crippen LogP contribution in [0.5, 0.6) is 0 Å². The molecule has 1 aliphatic carbocycles. The maximum atomic E-state index is 8.55. The van der Waals surface area contributed by atoms with Crippen molar-refractivity contribution in [3.63, 3.8) is 0 Å². The Kier molecular flexibility index (Phi) is 4.32. The van der Waals surface area contributed by atoms with E-state index >= 15 is 0 Å². The summed E-state index contributed by atoms with van der Waals surface area (Å²) in [6.45, 7) is 6.77. The Morgan fingerprint density at radius 1 is 1.47 bits per heavy atom. The number of nitrogens with two attached hydrogens (primary N) is 1. The Labute approximate surface area is 96.5 Å². The average Bonchev–Trinajstić information content (AvgIpc) is 2.94. The van der Waals surface area contributed by atoms with Crippen LogP contribution in [0, 0.1) is 11.3 Å². The molecule has 0 radical (unpaired) electrons. The smallest absolute Gasteiger partial charge is 0.139 e. The summed E-state index contributed by atoms with van der Waals surface area (Å²) in [5.74, 6) is 2.24. The SMILES string of the molecule is CC(C)C(C)SCC1(CC(N)=NO)CC1. The lowest BCUT2D eigenvalue weighted by Crippen LogP contribution is -2.20. The molecule has 1 rings (SSSR count). The minimum Gasteiger partial charge on any atom is -0.409 e. The van der Waals surface area contributed by atoms with Gasteiger partial charge in [0.1, 0.15) is 5.84 Å². The minimum atomic E-state index is 0.337. The molecule has 1 aliphatic rings. The van der Waals surface area contributed by atoms with Gasteiger partial charge in [-0.15, -0.1) is 0 Å². The maximum absolute atomic E-state index is 8.55. The van der Waals surface area contributed by atoms with Gasteiger partial charge in [0.25, 0.3) is 0 Å². The van der Waals surface area contributed by atoms with E-state index in [9.17, 15) is 0 Å². The molecule has 0 amide bonds. The highest BCUT2D eigenvalue weighted by atomic mass is 32.2. The molecule has 0 heterocycles. The first-order valence-corrected chi connectivity index (χ1v) is 6.62. The number of nitrogens with zero attached hydrogens (tertiary/aromatic N) is 1. The van der Waals surface area contributed by atoms with Gasteiger partial charge in [-0.3, -0.25) is 0 Å². The van der Waals surface area contributed by atoms with Crippen molar-refractivity contribution in [1.82, 2.24) is 0 Å². The molecular formula is C11H22N2OS. The molecular weight excluding hydrogens is 208 g/mol. The van der Waals surface area contributed by atoms with Crippen LogP contribution in [0.15, 0.2) is 5.16 Å². The van der Waals surface area contributed by atoms with Crippen LogP contribution in [-0.2, 0) is 0 Å². The molecule has 0 saturated heterocycles. The normalized spacial score (nSPS) is 21.7. The Balaban J connectivity index is 2.32. The van der Waals surface area contributed by atoms with E-state index in [1.54, 1.807) is 0 Å². The average molecular weight is 230 g/mol. The van der Waals surface area contributed by atoms with Crippen molar-refractivity contribution in [3.05, 3.63) is 0 Å². The van der Waals surface area contributed by atoms with Crippen LogP contribution < -0.4 is 5.73 Å². The molecule has 0 bridgehead atoms. The van der Waals surface area contributed by atoms with Gasteiger partial charge in [0, 0.05) is 11.7 Å². The van der Waals surface area contributed by atoms with Gasteiger partial charge >= 0.3 is 0 Å². The van der Waals surface area contributed by atoms with Gasteiger partial charge in [0.05, 0.1) is 0 Å². The van der Waals surface area contributed by atoms with Crippen molar-refractivity contribution in [2.75, 3.05) is 5.75 Å². The Bertz CT molecular complexity index is 237. The fourth-order valence-corrected chi connectivity index (χ4v) is 2.86. The number of rotatable bonds is 6. The molecule has 15 heavy (non-hydrogen) atoms. The van der Waals surface area contributed by atoms with Crippen molar-refractivity contribution >= 4 is 17.6 Å². The number of hydrogen-bond donors (Lipinski definition) is 2. The van der Waals surface area contributed by atoms with Gasteiger partial charge in [-0.05, 0) is 29.9 Å². The predicted octanol–water partition coefficient (Wildman–Crippen LogP) is 2.68. The van der Waals surface area contributed by atoms with Crippen LogP contribution in [-0.4, -0.2) is 22.0 Å². The second-order valence-corrected chi connectivity index (χ2v) is 6.39. The largest absolute Gasteiger partial charge is 0.409 e. The van der Waals surface area contributed by atoms with E-state index in [0.29, 0.717) is 16.5 Å². The number of thioether (sulfide) groups is 1. The summed E-state index contributed by atoms with van der Waals surface area (Å²) in [7, 11) is 0. The molecule has 0 aliphatic heterocycles. The van der Waals surface area contributed by atoms with Crippen molar-refractivity contribution in [2.24, 2.45) is 22.2 Å². The second-order valence-electron chi connectivity index (χ2n) is 5.03. The molecule has 1 unspecified atom stereocenters. The van der Waals surface area contributed by atoms with Crippen LogP contribution in [0.4, 0.5) is 0 Å². The lowest BCUT2D eigenvalue weighted by atomic mass is 10.1. The van der Waals surface area contributed by atoms with Crippen molar-refractivity contribution < 1.29 is 5.21 Å². The van der Waals surface area contributed by atoms with E-state index in [1.165, 1.54) is 12.8 Å². The highest BCUT2D eigenvalue weighted by Gasteiger charge is 2.43. The highest BCUT2D eigenvalue weighted by molar-refractivity contribution is 7.99. The predicted molar refractivity (Wildman–Crippen MR) is 66.5 cm³/mol. The van der Waals surface area contributed by atoms with Crippen LogP contribution in [0.2, 0.25) is 0 Å². The number of oxime groups is 1. The fourth-order valence-electron chi connectivity index (χ4n) is 1.47. The van der Waals surface area contributed by atoms with Crippen LogP contribution >= 0.6 is 11.8 Å². The zero-order valence-electron chi connectivity index (χ0n) is 9.86. The quantitative estimate of drug-likeness (QED) is 0.319. The maximum Gasteiger partial charge on any atom is 0.139 e. The third kappa shape index (κ3) is 3.93. The van der Waals surface area contributed by atoms with E-state index in [2.05, 4.69) is 25.9 Å². The lowest BCUT2D eigenvalue weighted by Gasteiger charge is -2.19. The Morgan fingerprint density at radius 2 is 2.07 bits per heavy atom. The van der Waals surface area contributed by atoms with Crippen molar-refractivity contribution in [2.45, 2.75) is 45.3 Å². The molecule has 0 aromatic heterocycles. The fraction of sp³-hybridized carbons (Fsp3) is 0.909. The molecule has 0 spiro atoms. The van der Waals surface area contributed by atoms with E-state index < -0.39 is 0 Å². The van der Waals surface area contributed by atoms with Gasteiger partial charge in [0.2, 0.25) is 0 Å². The van der Waals surface area contributed by atoms with Gasteiger partial charge in [-0.25, -0.2) is 0 Å². The van der Waals surface area contributed by atoms with Gasteiger partial charge in [0.15, 0.2) is 0 Å². The van der Waals surface area contributed by atoms with Crippen molar-refractivity contribution in [3.8, 4) is 0 Å². The van der Waals surface area contributed by atoms with Gasteiger partial charge in [-0.1, -0.05) is 25.9 Å². The molecule has 88 valence electrons. The molecule has 3 nitrogen and oxygen atoms in total. The molecule has 3 N–H and O–H groups in total. The summed E-state index contributed by atoms with van der Waals surface area (Å²) < 4.78 is 0. The van der Waals surface area contributed by atoms with E-state index in [1.807, 2.05) is 11.8 Å². The molecule has 0 aromatic rings. The van der Waals surface area contributed by atoms with E-state index in [4.69, 9.17) is 10.9 Å². The lowest BCUT2D eigenvalue weighted by molar-refractivity contribution is 0.315. The molecule has 1 fully saturated rings. The summed E-state index contributed by atoms with van der Waals surface area (Å²) in [5, 5.41) is 12.3. The van der Waals surface area contributed by atoms with Crippen LogP contribution in [0.3, 0.4) is 0 Å². The van der Waals surface area contributed by atoms with Crippen LogP contribution in [0.1, 0.15) is 40.0 Å². The summed E-state index contributed by atoms with van der Waals surface area (Å²) in [6, 6.07) is 0. The molecule has 0 aromatic carbocycles. The Hall–Kier alpha value is -0.380. The van der Waals surface area contributed by atoms with Crippen molar-refractivity contribution in [1.29, 1.82) is 0 Å². The van der Waals surface area contributed by atoms with Crippen LogP contribution in [0.25, 0.3) is 0 Å². The zero-order chi connectivity index (χ0) is 11.5. The first kappa shape index (κ1) is 12.7.